The predicted molar refractivity (Wildman–Crippen MR) is 77.4 cm³/mol. The quantitative estimate of drug-likeness (QED) is 0.839. The van der Waals surface area contributed by atoms with Gasteiger partial charge in [-0.2, -0.15) is 0 Å². The molecule has 3 nitrogen and oxygen atoms in total. The molecule has 0 aliphatic rings. The van der Waals surface area contributed by atoms with Gasteiger partial charge in [0.05, 0.1) is 12.2 Å². The van der Waals surface area contributed by atoms with Gasteiger partial charge in [-0.25, -0.2) is 0 Å². The molecule has 0 aromatic heterocycles. The lowest BCUT2D eigenvalue weighted by atomic mass is 10.3. The Hall–Kier alpha value is -0.420. The second-order valence-electron chi connectivity index (χ2n) is 3.56. The average molecular weight is 295 g/mol. The van der Waals surface area contributed by atoms with E-state index in [4.69, 9.17) is 17.3 Å². The van der Waals surface area contributed by atoms with Crippen molar-refractivity contribution in [3.63, 3.8) is 0 Å². The van der Waals surface area contributed by atoms with E-state index in [2.05, 4.69) is 19.2 Å². The number of nitrogens with one attached hydrogen (secondary N) is 1. The van der Waals surface area contributed by atoms with Gasteiger partial charge in [0.15, 0.2) is 0 Å². The molecule has 17 heavy (non-hydrogen) atoms. The second-order valence-corrected chi connectivity index (χ2v) is 5.61. The number of amides is 1. The van der Waals surface area contributed by atoms with Gasteiger partial charge in [-0.15, -0.1) is 24.2 Å². The molecule has 1 rings (SSSR count). The van der Waals surface area contributed by atoms with Crippen molar-refractivity contribution in [1.29, 1.82) is 0 Å². The summed E-state index contributed by atoms with van der Waals surface area (Å²) >= 11 is 7.56. The van der Waals surface area contributed by atoms with Crippen molar-refractivity contribution in [2.45, 2.75) is 24.0 Å². The zero-order valence-corrected chi connectivity index (χ0v) is 12.1. The minimum absolute atomic E-state index is 0. The zero-order valence-electron chi connectivity index (χ0n) is 9.70. The van der Waals surface area contributed by atoms with Crippen molar-refractivity contribution in [3.05, 3.63) is 23.2 Å². The third-order valence-electron chi connectivity index (χ3n) is 1.76. The molecule has 6 heteroatoms. The molecule has 0 atom stereocenters. The van der Waals surface area contributed by atoms with Gasteiger partial charge in [0.2, 0.25) is 5.91 Å². The van der Waals surface area contributed by atoms with Crippen LogP contribution in [0.2, 0.25) is 5.02 Å². The van der Waals surface area contributed by atoms with E-state index in [1.54, 1.807) is 17.8 Å². The number of halogens is 2. The molecule has 0 saturated heterocycles. The summed E-state index contributed by atoms with van der Waals surface area (Å²) < 4.78 is 0. The lowest BCUT2D eigenvalue weighted by molar-refractivity contribution is -0.114. The maximum atomic E-state index is 11.2. The SMILES string of the molecule is CC(C)Sc1ccc(Cl)cc1NC(=O)CN.Cl. The van der Waals surface area contributed by atoms with E-state index in [0.717, 1.165) is 10.6 Å². The Balaban J connectivity index is 0.00000256. The Labute approximate surface area is 117 Å². The summed E-state index contributed by atoms with van der Waals surface area (Å²) in [6, 6.07) is 5.45. The molecule has 0 spiro atoms. The molecule has 0 saturated carbocycles. The summed E-state index contributed by atoms with van der Waals surface area (Å²) in [5.41, 5.74) is 5.98. The first-order valence-electron chi connectivity index (χ1n) is 4.99. The van der Waals surface area contributed by atoms with Crippen molar-refractivity contribution < 1.29 is 4.79 Å². The Bertz CT molecular complexity index is 386. The third kappa shape index (κ3) is 5.64. The molecule has 1 aromatic rings. The second kappa shape index (κ2) is 7.82. The standard InChI is InChI=1S/C11H15ClN2OS.ClH/c1-7(2)16-10-4-3-8(12)5-9(10)14-11(15)6-13;/h3-5,7H,6,13H2,1-2H3,(H,14,15);1H. The van der Waals surface area contributed by atoms with Gasteiger partial charge in [-0.05, 0) is 18.2 Å². The summed E-state index contributed by atoms with van der Waals surface area (Å²) in [5.74, 6) is -0.215. The summed E-state index contributed by atoms with van der Waals surface area (Å²) in [4.78, 5) is 12.2. The summed E-state index contributed by atoms with van der Waals surface area (Å²) in [6.45, 7) is 4.15. The largest absolute Gasteiger partial charge is 0.324 e. The van der Waals surface area contributed by atoms with Crippen molar-refractivity contribution in [2.24, 2.45) is 5.73 Å². The van der Waals surface area contributed by atoms with Crippen molar-refractivity contribution in [3.8, 4) is 0 Å². The third-order valence-corrected chi connectivity index (χ3v) is 3.08. The molecule has 0 radical (unpaired) electrons. The van der Waals surface area contributed by atoms with Gasteiger partial charge in [-0.1, -0.05) is 25.4 Å². The fourth-order valence-electron chi connectivity index (χ4n) is 1.16. The van der Waals surface area contributed by atoms with Crippen LogP contribution in [0.15, 0.2) is 23.1 Å². The van der Waals surface area contributed by atoms with Crippen LogP contribution in [0.3, 0.4) is 0 Å². The monoisotopic (exact) mass is 294 g/mol. The molecular weight excluding hydrogens is 279 g/mol. The van der Waals surface area contributed by atoms with E-state index in [-0.39, 0.29) is 24.9 Å². The maximum absolute atomic E-state index is 11.2. The number of carbonyl (C=O) groups is 1. The van der Waals surface area contributed by atoms with Crippen LogP contribution in [0.5, 0.6) is 0 Å². The van der Waals surface area contributed by atoms with Crippen LogP contribution in [0.4, 0.5) is 5.69 Å². The van der Waals surface area contributed by atoms with Crippen LogP contribution >= 0.6 is 35.8 Å². The molecular formula is C11H16Cl2N2OS. The molecule has 96 valence electrons. The van der Waals surface area contributed by atoms with E-state index < -0.39 is 0 Å². The van der Waals surface area contributed by atoms with Crippen molar-refractivity contribution >= 4 is 47.4 Å². The number of hydrogen-bond donors (Lipinski definition) is 2. The average Bonchev–Trinajstić information content (AvgIpc) is 2.21. The minimum Gasteiger partial charge on any atom is -0.324 e. The molecule has 0 fully saturated rings. The van der Waals surface area contributed by atoms with Crippen LogP contribution < -0.4 is 11.1 Å². The number of benzene rings is 1. The van der Waals surface area contributed by atoms with Crippen LogP contribution in [-0.2, 0) is 4.79 Å². The number of anilines is 1. The van der Waals surface area contributed by atoms with Crippen LogP contribution in [0.25, 0.3) is 0 Å². The number of thioether (sulfide) groups is 1. The molecule has 3 N–H and O–H groups in total. The smallest absolute Gasteiger partial charge is 0.238 e. The van der Waals surface area contributed by atoms with Gasteiger partial charge in [0.25, 0.3) is 0 Å². The lowest BCUT2D eigenvalue weighted by Crippen LogP contribution is -2.22. The first-order chi connectivity index (χ1) is 7.52. The first kappa shape index (κ1) is 16.6. The van der Waals surface area contributed by atoms with Gasteiger partial charge >= 0.3 is 0 Å². The van der Waals surface area contributed by atoms with Crippen LogP contribution in [-0.4, -0.2) is 17.7 Å². The first-order valence-corrected chi connectivity index (χ1v) is 6.25. The fraction of sp³-hybridized carbons (Fsp3) is 0.364. The molecule has 0 aliphatic carbocycles. The number of carbonyl (C=O) groups excluding carboxylic acids is 1. The van der Waals surface area contributed by atoms with Crippen molar-refractivity contribution in [1.82, 2.24) is 0 Å². The minimum atomic E-state index is -0.215. The Morgan fingerprint density at radius 3 is 2.71 bits per heavy atom. The normalized spacial score (nSPS) is 9.94. The predicted octanol–water partition coefficient (Wildman–Crippen LogP) is 3.16. The van der Waals surface area contributed by atoms with Gasteiger partial charge in [-0.3, -0.25) is 4.79 Å². The molecule has 0 aliphatic heterocycles. The van der Waals surface area contributed by atoms with Crippen molar-refractivity contribution in [2.75, 3.05) is 11.9 Å². The van der Waals surface area contributed by atoms with Crippen LogP contribution in [0.1, 0.15) is 13.8 Å². The lowest BCUT2D eigenvalue weighted by Gasteiger charge is -2.12. The summed E-state index contributed by atoms with van der Waals surface area (Å²) in [7, 11) is 0. The highest BCUT2D eigenvalue weighted by atomic mass is 35.5. The van der Waals surface area contributed by atoms with Gasteiger partial charge in [0.1, 0.15) is 0 Å². The van der Waals surface area contributed by atoms with E-state index in [9.17, 15) is 4.79 Å². The van der Waals surface area contributed by atoms with E-state index in [1.807, 2.05) is 12.1 Å². The molecule has 1 aromatic carbocycles. The zero-order chi connectivity index (χ0) is 12.1. The fourth-order valence-corrected chi connectivity index (χ4v) is 2.22. The summed E-state index contributed by atoms with van der Waals surface area (Å²) in [6.07, 6.45) is 0. The van der Waals surface area contributed by atoms with E-state index in [0.29, 0.717) is 10.3 Å². The Morgan fingerprint density at radius 2 is 2.18 bits per heavy atom. The molecule has 0 bridgehead atoms. The topological polar surface area (TPSA) is 55.1 Å². The molecule has 1 amide bonds. The van der Waals surface area contributed by atoms with Crippen LogP contribution in [0, 0.1) is 0 Å². The highest BCUT2D eigenvalue weighted by molar-refractivity contribution is 8.00. The van der Waals surface area contributed by atoms with E-state index >= 15 is 0 Å². The molecule has 0 unspecified atom stereocenters. The summed E-state index contributed by atoms with van der Waals surface area (Å²) in [5, 5.41) is 3.77. The van der Waals surface area contributed by atoms with E-state index in [1.165, 1.54) is 0 Å². The maximum Gasteiger partial charge on any atom is 0.238 e. The van der Waals surface area contributed by atoms with Gasteiger partial charge < -0.3 is 11.1 Å². The highest BCUT2D eigenvalue weighted by Gasteiger charge is 2.08. The Kier molecular flexibility index (Phi) is 7.63. The number of rotatable bonds is 4. The van der Waals surface area contributed by atoms with Gasteiger partial charge in [0, 0.05) is 15.2 Å². The molecule has 0 heterocycles. The highest BCUT2D eigenvalue weighted by Crippen LogP contribution is 2.32. The Morgan fingerprint density at radius 1 is 1.53 bits per heavy atom. The number of hydrogen-bond acceptors (Lipinski definition) is 3. The number of nitrogens with two attached hydrogens (primary N) is 1.